The number of carbonyl (C=O) groups is 1. The van der Waals surface area contributed by atoms with Gasteiger partial charge in [0.1, 0.15) is 0 Å². The highest BCUT2D eigenvalue weighted by atomic mass is 35.5. The number of carbonyl (C=O) groups excluding carboxylic acids is 1. The van der Waals surface area contributed by atoms with Gasteiger partial charge in [0, 0.05) is 19.0 Å². The summed E-state index contributed by atoms with van der Waals surface area (Å²) < 4.78 is 37.5. The van der Waals surface area contributed by atoms with Crippen molar-refractivity contribution in [2.45, 2.75) is 43.7 Å². The lowest BCUT2D eigenvalue weighted by molar-refractivity contribution is -0.185. The van der Waals surface area contributed by atoms with E-state index in [4.69, 9.17) is 11.6 Å². The Morgan fingerprint density at radius 3 is 2.17 bits per heavy atom. The molecule has 1 aliphatic carbocycles. The second kappa shape index (κ2) is 5.27. The first-order valence-corrected chi connectivity index (χ1v) is 6.81. The number of amides is 1. The van der Waals surface area contributed by atoms with Crippen LogP contribution in [-0.2, 0) is 4.79 Å². The number of nitrogens with zero attached hydrogens (tertiary/aromatic N) is 1. The molecule has 0 spiro atoms. The molecule has 1 atom stereocenters. The lowest BCUT2D eigenvalue weighted by atomic mass is 9.81. The van der Waals surface area contributed by atoms with Crippen LogP contribution in [0.25, 0.3) is 0 Å². The Morgan fingerprint density at radius 2 is 1.72 bits per heavy atom. The SMILES string of the molecule is O=C(C1CCC(C(F)(F)F)CC1)N1CCC(Cl)C1. The molecule has 1 amide bonds. The van der Waals surface area contributed by atoms with Crippen molar-refractivity contribution < 1.29 is 18.0 Å². The van der Waals surface area contributed by atoms with Crippen LogP contribution < -0.4 is 0 Å². The summed E-state index contributed by atoms with van der Waals surface area (Å²) in [4.78, 5) is 13.8. The highest BCUT2D eigenvalue weighted by Crippen LogP contribution is 2.40. The van der Waals surface area contributed by atoms with Gasteiger partial charge in [-0.3, -0.25) is 4.79 Å². The van der Waals surface area contributed by atoms with E-state index < -0.39 is 12.1 Å². The molecule has 2 fully saturated rings. The third-order valence-corrected chi connectivity index (χ3v) is 4.34. The van der Waals surface area contributed by atoms with Crippen molar-refractivity contribution in [2.75, 3.05) is 13.1 Å². The summed E-state index contributed by atoms with van der Waals surface area (Å²) in [5.74, 6) is -1.45. The van der Waals surface area contributed by atoms with Crippen LogP contribution in [0.5, 0.6) is 0 Å². The van der Waals surface area contributed by atoms with Gasteiger partial charge in [0.05, 0.1) is 11.3 Å². The number of hydrogen-bond acceptors (Lipinski definition) is 1. The first kappa shape index (κ1) is 14.0. The first-order valence-electron chi connectivity index (χ1n) is 6.37. The van der Waals surface area contributed by atoms with Gasteiger partial charge in [-0.15, -0.1) is 11.6 Å². The first-order chi connectivity index (χ1) is 8.38. The third kappa shape index (κ3) is 3.11. The molecule has 1 unspecified atom stereocenters. The summed E-state index contributed by atoms with van der Waals surface area (Å²) in [5.41, 5.74) is 0. The number of hydrogen-bond donors (Lipinski definition) is 0. The smallest absolute Gasteiger partial charge is 0.341 e. The zero-order valence-corrected chi connectivity index (χ0v) is 10.8. The molecule has 2 nitrogen and oxygen atoms in total. The van der Waals surface area contributed by atoms with Crippen molar-refractivity contribution in [3.63, 3.8) is 0 Å². The topological polar surface area (TPSA) is 20.3 Å². The Hall–Kier alpha value is -0.450. The fraction of sp³-hybridized carbons (Fsp3) is 0.917. The van der Waals surface area contributed by atoms with Gasteiger partial charge < -0.3 is 4.90 Å². The van der Waals surface area contributed by atoms with Crippen LogP contribution in [0.1, 0.15) is 32.1 Å². The molecule has 0 aromatic rings. The standard InChI is InChI=1S/C12H17ClF3NO/c13-10-5-6-17(7-10)11(18)8-1-3-9(4-2-8)12(14,15)16/h8-10H,1-7H2. The predicted octanol–water partition coefficient (Wildman–Crippen LogP) is 3.19. The van der Waals surface area contributed by atoms with Crippen molar-refractivity contribution in [3.05, 3.63) is 0 Å². The number of rotatable bonds is 1. The minimum atomic E-state index is -4.11. The Balaban J connectivity index is 1.84. The molecular weight excluding hydrogens is 267 g/mol. The molecule has 0 aromatic carbocycles. The summed E-state index contributed by atoms with van der Waals surface area (Å²) >= 11 is 5.93. The van der Waals surface area contributed by atoms with Gasteiger partial charge in [-0.25, -0.2) is 0 Å². The van der Waals surface area contributed by atoms with E-state index in [1.54, 1.807) is 4.90 Å². The van der Waals surface area contributed by atoms with E-state index in [2.05, 4.69) is 0 Å². The molecule has 0 radical (unpaired) electrons. The van der Waals surface area contributed by atoms with Crippen LogP contribution in [0, 0.1) is 11.8 Å². The molecule has 1 saturated carbocycles. The molecule has 1 aliphatic heterocycles. The molecule has 1 saturated heterocycles. The van der Waals surface area contributed by atoms with Crippen LogP contribution >= 0.6 is 11.6 Å². The quantitative estimate of drug-likeness (QED) is 0.677. The molecule has 6 heteroatoms. The lowest BCUT2D eigenvalue weighted by Crippen LogP contribution is -2.38. The van der Waals surface area contributed by atoms with Crippen molar-refractivity contribution in [1.29, 1.82) is 0 Å². The van der Waals surface area contributed by atoms with Gasteiger partial charge in [-0.05, 0) is 32.1 Å². The van der Waals surface area contributed by atoms with Crippen molar-refractivity contribution >= 4 is 17.5 Å². The number of alkyl halides is 4. The Labute approximate surface area is 109 Å². The van der Waals surface area contributed by atoms with Gasteiger partial charge in [-0.2, -0.15) is 13.2 Å². The van der Waals surface area contributed by atoms with E-state index >= 15 is 0 Å². The highest BCUT2D eigenvalue weighted by Gasteiger charge is 2.43. The molecule has 2 aliphatic rings. The molecule has 18 heavy (non-hydrogen) atoms. The zero-order chi connectivity index (χ0) is 13.3. The van der Waals surface area contributed by atoms with E-state index in [0.717, 1.165) is 6.42 Å². The largest absolute Gasteiger partial charge is 0.391 e. The highest BCUT2D eigenvalue weighted by molar-refractivity contribution is 6.21. The monoisotopic (exact) mass is 283 g/mol. The summed E-state index contributed by atoms with van der Waals surface area (Å²) in [5, 5.41) is 0.000430. The Bertz CT molecular complexity index is 313. The van der Waals surface area contributed by atoms with E-state index in [-0.39, 0.29) is 30.0 Å². The molecule has 0 N–H and O–H groups in total. The Kier molecular flexibility index (Phi) is 4.09. The van der Waals surface area contributed by atoms with E-state index in [9.17, 15) is 18.0 Å². The van der Waals surface area contributed by atoms with E-state index in [0.29, 0.717) is 25.9 Å². The van der Waals surface area contributed by atoms with Crippen LogP contribution in [0.3, 0.4) is 0 Å². The summed E-state index contributed by atoms with van der Waals surface area (Å²) in [7, 11) is 0. The second-order valence-corrected chi connectivity index (χ2v) is 5.88. The van der Waals surface area contributed by atoms with Gasteiger partial charge in [0.2, 0.25) is 5.91 Å². The van der Waals surface area contributed by atoms with E-state index in [1.165, 1.54) is 0 Å². The average molecular weight is 284 g/mol. The normalized spacial score (nSPS) is 33.8. The molecular formula is C12H17ClF3NO. The minimum absolute atomic E-state index is 0.000430. The van der Waals surface area contributed by atoms with Crippen molar-refractivity contribution in [3.8, 4) is 0 Å². The maximum absolute atomic E-state index is 12.5. The van der Waals surface area contributed by atoms with Crippen LogP contribution in [0.15, 0.2) is 0 Å². The predicted molar refractivity (Wildman–Crippen MR) is 62.3 cm³/mol. The van der Waals surface area contributed by atoms with Crippen molar-refractivity contribution in [1.82, 2.24) is 4.90 Å². The zero-order valence-electron chi connectivity index (χ0n) is 10.0. The molecule has 1 heterocycles. The van der Waals surface area contributed by atoms with Crippen LogP contribution in [0.2, 0.25) is 0 Å². The lowest BCUT2D eigenvalue weighted by Gasteiger charge is -2.31. The maximum Gasteiger partial charge on any atom is 0.391 e. The Morgan fingerprint density at radius 1 is 1.11 bits per heavy atom. The average Bonchev–Trinajstić information content (AvgIpc) is 2.74. The third-order valence-electron chi connectivity index (χ3n) is 3.98. The summed E-state index contributed by atoms with van der Waals surface area (Å²) in [6.07, 6.45) is -2.46. The van der Waals surface area contributed by atoms with Crippen molar-refractivity contribution in [2.24, 2.45) is 11.8 Å². The molecule has 104 valence electrons. The number of halogens is 4. The van der Waals surface area contributed by atoms with Gasteiger partial charge in [-0.1, -0.05) is 0 Å². The van der Waals surface area contributed by atoms with E-state index in [1.807, 2.05) is 0 Å². The van der Waals surface area contributed by atoms with Gasteiger partial charge >= 0.3 is 6.18 Å². The van der Waals surface area contributed by atoms with Gasteiger partial charge in [0.15, 0.2) is 0 Å². The fourth-order valence-electron chi connectivity index (χ4n) is 2.84. The summed E-state index contributed by atoms with van der Waals surface area (Å²) in [6, 6.07) is 0. The van der Waals surface area contributed by atoms with Crippen LogP contribution in [-0.4, -0.2) is 35.4 Å². The molecule has 0 bridgehead atoms. The van der Waals surface area contributed by atoms with Crippen LogP contribution in [0.4, 0.5) is 13.2 Å². The second-order valence-electron chi connectivity index (χ2n) is 5.26. The minimum Gasteiger partial charge on any atom is -0.341 e. The number of likely N-dealkylation sites (tertiary alicyclic amines) is 1. The summed E-state index contributed by atoms with van der Waals surface area (Å²) in [6.45, 7) is 1.19. The van der Waals surface area contributed by atoms with Gasteiger partial charge in [0.25, 0.3) is 0 Å². The maximum atomic E-state index is 12.5. The molecule has 0 aromatic heterocycles. The fourth-order valence-corrected chi connectivity index (χ4v) is 3.11. The molecule has 2 rings (SSSR count).